The molecule has 0 spiro atoms. The van der Waals surface area contributed by atoms with Crippen LogP contribution in [0.25, 0.3) is 0 Å². The van der Waals surface area contributed by atoms with Gasteiger partial charge in [-0.05, 0) is 13.8 Å². The lowest BCUT2D eigenvalue weighted by Gasteiger charge is -2.13. The first kappa shape index (κ1) is 15.3. The number of amides is 1. The second kappa shape index (κ2) is 6.41. The van der Waals surface area contributed by atoms with Crippen LogP contribution in [0, 0.1) is 0 Å². The highest BCUT2D eigenvalue weighted by Crippen LogP contribution is 2.07. The van der Waals surface area contributed by atoms with Crippen molar-refractivity contribution in [2.45, 2.75) is 24.8 Å². The van der Waals surface area contributed by atoms with Crippen LogP contribution in [0.2, 0.25) is 0 Å². The van der Waals surface area contributed by atoms with Gasteiger partial charge in [-0.2, -0.15) is 4.72 Å². The molecule has 1 atom stereocenters. The lowest BCUT2D eigenvalue weighted by atomic mass is 10.3. The van der Waals surface area contributed by atoms with Gasteiger partial charge in [-0.15, -0.1) is 0 Å². The van der Waals surface area contributed by atoms with Gasteiger partial charge in [0, 0.05) is 6.54 Å². The van der Waals surface area contributed by atoms with E-state index in [1.165, 1.54) is 6.92 Å². The van der Waals surface area contributed by atoms with Gasteiger partial charge in [0.25, 0.3) is 0 Å². The van der Waals surface area contributed by atoms with E-state index in [2.05, 4.69) is 25.4 Å². The van der Waals surface area contributed by atoms with E-state index < -0.39 is 22.0 Å². The summed E-state index contributed by atoms with van der Waals surface area (Å²) in [5.41, 5.74) is 2.18. The summed E-state index contributed by atoms with van der Waals surface area (Å²) in [5, 5.41) is 2.51. The SMILES string of the molecule is CCNC(=O)C(C)NS(=O)(=O)c1cnc(NN)nc1. The Morgan fingerprint density at radius 1 is 1.42 bits per heavy atom. The predicted octanol–water partition coefficient (Wildman–Crippen LogP) is -1.43. The van der Waals surface area contributed by atoms with Crippen LogP contribution in [-0.2, 0) is 14.8 Å². The molecule has 1 aromatic heterocycles. The molecule has 9 nitrogen and oxygen atoms in total. The lowest BCUT2D eigenvalue weighted by molar-refractivity contribution is -0.122. The summed E-state index contributed by atoms with van der Waals surface area (Å²) in [7, 11) is -3.85. The van der Waals surface area contributed by atoms with Crippen LogP contribution in [0.3, 0.4) is 0 Å². The largest absolute Gasteiger partial charge is 0.355 e. The highest BCUT2D eigenvalue weighted by molar-refractivity contribution is 7.89. The number of hydrogen-bond acceptors (Lipinski definition) is 7. The van der Waals surface area contributed by atoms with Crippen LogP contribution in [0.15, 0.2) is 17.3 Å². The molecule has 1 amide bonds. The van der Waals surface area contributed by atoms with Gasteiger partial charge in [-0.1, -0.05) is 0 Å². The van der Waals surface area contributed by atoms with Crippen LogP contribution in [0.1, 0.15) is 13.8 Å². The summed E-state index contributed by atoms with van der Waals surface area (Å²) < 4.78 is 26.1. The zero-order valence-electron chi connectivity index (χ0n) is 10.5. The molecule has 0 saturated carbocycles. The second-order valence-corrected chi connectivity index (χ2v) is 5.34. The van der Waals surface area contributed by atoms with Gasteiger partial charge in [0.15, 0.2) is 0 Å². The Morgan fingerprint density at radius 3 is 2.47 bits per heavy atom. The molecule has 0 radical (unpaired) electrons. The van der Waals surface area contributed by atoms with Crippen LogP contribution < -0.4 is 21.3 Å². The highest BCUT2D eigenvalue weighted by Gasteiger charge is 2.22. The first-order valence-corrected chi connectivity index (χ1v) is 6.97. The summed E-state index contributed by atoms with van der Waals surface area (Å²) in [6.45, 7) is 3.61. The molecule has 1 aromatic rings. The summed E-state index contributed by atoms with van der Waals surface area (Å²) in [4.78, 5) is 18.7. The lowest BCUT2D eigenvalue weighted by Crippen LogP contribution is -2.44. The molecular formula is C9H16N6O3S. The molecule has 5 N–H and O–H groups in total. The predicted molar refractivity (Wildman–Crippen MR) is 68.3 cm³/mol. The fourth-order valence-corrected chi connectivity index (χ4v) is 2.30. The topological polar surface area (TPSA) is 139 Å². The molecule has 1 rings (SSSR count). The average Bonchev–Trinajstić information content (AvgIpc) is 2.38. The Morgan fingerprint density at radius 2 is 2.00 bits per heavy atom. The molecule has 1 unspecified atom stereocenters. The molecule has 0 aromatic carbocycles. The Labute approximate surface area is 111 Å². The zero-order valence-corrected chi connectivity index (χ0v) is 11.4. The number of nitrogens with two attached hydrogens (primary N) is 1. The summed E-state index contributed by atoms with van der Waals surface area (Å²) in [5.74, 6) is 4.75. The molecule has 0 bridgehead atoms. The van der Waals surface area contributed by atoms with E-state index in [9.17, 15) is 13.2 Å². The van der Waals surface area contributed by atoms with Gasteiger partial charge < -0.3 is 5.32 Å². The molecule has 0 fully saturated rings. The number of rotatable bonds is 6. The Balaban J connectivity index is 2.82. The minimum Gasteiger partial charge on any atom is -0.355 e. The van der Waals surface area contributed by atoms with Crippen molar-refractivity contribution in [3.63, 3.8) is 0 Å². The Bertz CT molecular complexity index is 529. The molecular weight excluding hydrogens is 272 g/mol. The van der Waals surface area contributed by atoms with Crippen molar-refractivity contribution in [2.24, 2.45) is 5.84 Å². The molecule has 0 aliphatic heterocycles. The third kappa shape index (κ3) is 4.12. The molecule has 0 aliphatic carbocycles. The highest BCUT2D eigenvalue weighted by atomic mass is 32.2. The van der Waals surface area contributed by atoms with Gasteiger partial charge in [-0.25, -0.2) is 24.2 Å². The number of nitrogens with zero attached hydrogens (tertiary/aromatic N) is 2. The minimum atomic E-state index is -3.85. The van der Waals surface area contributed by atoms with Gasteiger partial charge >= 0.3 is 0 Å². The first-order valence-electron chi connectivity index (χ1n) is 5.49. The molecule has 1 heterocycles. The number of aromatic nitrogens is 2. The molecule has 0 aliphatic rings. The minimum absolute atomic E-state index is 0.0933. The second-order valence-electron chi connectivity index (χ2n) is 3.62. The number of anilines is 1. The van der Waals surface area contributed by atoms with E-state index in [0.717, 1.165) is 12.4 Å². The number of nitrogens with one attached hydrogen (secondary N) is 3. The molecule has 106 valence electrons. The smallest absolute Gasteiger partial charge is 0.244 e. The van der Waals surface area contributed by atoms with Crippen molar-refractivity contribution in [3.05, 3.63) is 12.4 Å². The molecule has 0 saturated heterocycles. The summed E-state index contributed by atoms with van der Waals surface area (Å²) in [6.07, 6.45) is 2.18. The van der Waals surface area contributed by atoms with E-state index in [4.69, 9.17) is 5.84 Å². The quantitative estimate of drug-likeness (QED) is 0.371. The fourth-order valence-electron chi connectivity index (χ4n) is 1.21. The standard InChI is InChI=1S/C9H16N6O3S/c1-3-11-8(16)6(2)15-19(17,18)7-4-12-9(14-10)13-5-7/h4-6,15H,3,10H2,1-2H3,(H,11,16)(H,12,13,14). The zero-order chi connectivity index (χ0) is 14.5. The van der Waals surface area contributed by atoms with Crippen LogP contribution >= 0.6 is 0 Å². The van der Waals surface area contributed by atoms with Crippen molar-refractivity contribution in [3.8, 4) is 0 Å². The number of carbonyl (C=O) groups is 1. The summed E-state index contributed by atoms with van der Waals surface area (Å²) in [6, 6.07) is -0.891. The Kier molecular flexibility index (Phi) is 5.15. The van der Waals surface area contributed by atoms with Crippen LogP contribution in [-0.4, -0.2) is 36.9 Å². The van der Waals surface area contributed by atoms with Crippen molar-refractivity contribution >= 4 is 21.9 Å². The van der Waals surface area contributed by atoms with E-state index in [-0.39, 0.29) is 10.8 Å². The number of sulfonamides is 1. The van der Waals surface area contributed by atoms with Crippen molar-refractivity contribution < 1.29 is 13.2 Å². The number of carbonyl (C=O) groups excluding carboxylic acids is 1. The van der Waals surface area contributed by atoms with E-state index >= 15 is 0 Å². The number of nitrogen functional groups attached to an aromatic ring is 1. The fraction of sp³-hybridized carbons (Fsp3) is 0.444. The maximum Gasteiger partial charge on any atom is 0.244 e. The summed E-state index contributed by atoms with van der Waals surface area (Å²) >= 11 is 0. The number of hydrogen-bond donors (Lipinski definition) is 4. The number of likely N-dealkylation sites (N-methyl/N-ethyl adjacent to an activating group) is 1. The number of hydrazine groups is 1. The van der Waals surface area contributed by atoms with Crippen molar-refractivity contribution in [1.29, 1.82) is 0 Å². The Hall–Kier alpha value is -1.78. The van der Waals surface area contributed by atoms with Crippen LogP contribution in [0.5, 0.6) is 0 Å². The third-order valence-corrected chi connectivity index (χ3v) is 3.64. The first-order chi connectivity index (χ1) is 8.90. The van der Waals surface area contributed by atoms with Crippen molar-refractivity contribution in [1.82, 2.24) is 20.0 Å². The van der Waals surface area contributed by atoms with Gasteiger partial charge in [0.2, 0.25) is 21.9 Å². The van der Waals surface area contributed by atoms with Crippen LogP contribution in [0.4, 0.5) is 5.95 Å². The van der Waals surface area contributed by atoms with Gasteiger partial charge in [-0.3, -0.25) is 10.2 Å². The normalized spacial score (nSPS) is 12.8. The maximum absolute atomic E-state index is 11.9. The maximum atomic E-state index is 11.9. The van der Waals surface area contributed by atoms with Gasteiger partial charge in [0.1, 0.15) is 4.90 Å². The molecule has 10 heteroatoms. The third-order valence-electron chi connectivity index (χ3n) is 2.14. The monoisotopic (exact) mass is 288 g/mol. The van der Waals surface area contributed by atoms with Crippen molar-refractivity contribution in [2.75, 3.05) is 12.0 Å². The van der Waals surface area contributed by atoms with E-state index in [1.807, 2.05) is 0 Å². The van der Waals surface area contributed by atoms with Gasteiger partial charge in [0.05, 0.1) is 18.4 Å². The molecule has 19 heavy (non-hydrogen) atoms. The van der Waals surface area contributed by atoms with E-state index in [0.29, 0.717) is 6.54 Å². The van der Waals surface area contributed by atoms with E-state index in [1.54, 1.807) is 6.92 Å². The average molecular weight is 288 g/mol.